The summed E-state index contributed by atoms with van der Waals surface area (Å²) >= 11 is 8.81. The molecule has 2 aromatic rings. The fourth-order valence-corrected chi connectivity index (χ4v) is 3.73. The van der Waals surface area contributed by atoms with Crippen LogP contribution in [0.15, 0.2) is 62.5 Å². The fraction of sp³-hybridized carbons (Fsp3) is 0.133. The summed E-state index contributed by atoms with van der Waals surface area (Å²) in [5, 5.41) is 4.76. The molecule has 1 atom stereocenters. The van der Waals surface area contributed by atoms with Crippen molar-refractivity contribution in [1.82, 2.24) is 0 Å². The second-order valence-corrected chi connectivity index (χ2v) is 7.37. The lowest BCUT2D eigenvalue weighted by Crippen LogP contribution is -2.05. The van der Waals surface area contributed by atoms with Gasteiger partial charge < -0.3 is 5.32 Å². The molecule has 0 saturated heterocycles. The van der Waals surface area contributed by atoms with Gasteiger partial charge in [0.15, 0.2) is 5.17 Å². The average Bonchev–Trinajstić information content (AvgIpc) is 2.92. The number of halogens is 2. The molecule has 0 spiro atoms. The predicted octanol–water partition coefficient (Wildman–Crippen LogP) is 5.47. The summed E-state index contributed by atoms with van der Waals surface area (Å²) in [6.07, 6.45) is 0. The lowest BCUT2D eigenvalue weighted by atomic mass is 10.1. The fourth-order valence-electron chi connectivity index (χ4n) is 1.99. The molecular weight excluding hydrogens is 400 g/mol. The van der Waals surface area contributed by atoms with Gasteiger partial charge in [-0.1, -0.05) is 58.0 Å². The summed E-state index contributed by atoms with van der Waals surface area (Å²) in [5.41, 5.74) is 2.35. The van der Waals surface area contributed by atoms with E-state index in [-0.39, 0.29) is 0 Å². The van der Waals surface area contributed by atoms with Crippen LogP contribution in [0.5, 0.6) is 0 Å². The summed E-state index contributed by atoms with van der Waals surface area (Å²) in [5.74, 6) is 0. The highest BCUT2D eigenvalue weighted by Gasteiger charge is 2.21. The van der Waals surface area contributed by atoms with Gasteiger partial charge in [-0.15, -0.1) is 0 Å². The molecule has 2 aromatic carbocycles. The zero-order valence-corrected chi connectivity index (χ0v) is 14.5. The molecule has 1 aliphatic rings. The van der Waals surface area contributed by atoms with Crippen LogP contribution in [0.4, 0.5) is 5.69 Å². The third kappa shape index (κ3) is 3.27. The minimum atomic E-state index is 0.407. The van der Waals surface area contributed by atoms with Crippen LogP contribution in [0.25, 0.3) is 0 Å². The largest absolute Gasteiger partial charge is 0.334 e. The van der Waals surface area contributed by atoms with Gasteiger partial charge >= 0.3 is 0 Å². The van der Waals surface area contributed by atoms with Crippen molar-refractivity contribution in [3.05, 3.63) is 63.0 Å². The normalized spacial score (nSPS) is 17.9. The molecule has 0 fully saturated rings. The first-order valence-corrected chi connectivity index (χ1v) is 8.67. The second-order valence-electron chi connectivity index (χ2n) is 4.41. The van der Waals surface area contributed by atoms with Gasteiger partial charge in [0.2, 0.25) is 0 Å². The minimum absolute atomic E-state index is 0.407. The molecule has 0 amide bonds. The highest BCUT2D eigenvalue weighted by Crippen LogP contribution is 2.36. The van der Waals surface area contributed by atoms with Gasteiger partial charge in [0.25, 0.3) is 0 Å². The minimum Gasteiger partial charge on any atom is -0.334 e. The molecule has 1 N–H and O–H groups in total. The van der Waals surface area contributed by atoms with Crippen molar-refractivity contribution < 1.29 is 0 Å². The average molecular weight is 412 g/mol. The van der Waals surface area contributed by atoms with E-state index >= 15 is 0 Å². The summed E-state index contributed by atoms with van der Waals surface area (Å²) < 4.78 is 2.08. The Labute approximate surface area is 139 Å². The molecule has 102 valence electrons. The van der Waals surface area contributed by atoms with Crippen LogP contribution in [-0.4, -0.2) is 11.7 Å². The van der Waals surface area contributed by atoms with Gasteiger partial charge in [-0.25, -0.2) is 0 Å². The molecule has 0 aromatic heterocycles. The maximum Gasteiger partial charge on any atom is 0.161 e. The van der Waals surface area contributed by atoms with Crippen molar-refractivity contribution in [3.63, 3.8) is 0 Å². The first-order valence-electron chi connectivity index (χ1n) is 6.20. The lowest BCUT2D eigenvalue weighted by Gasteiger charge is -2.10. The standard InChI is InChI=1S/C15H12Br2N2S/c16-11-6-7-12(17)13(8-11)19-15-18-9-14(20-15)10-4-2-1-3-5-10/h1-8,14H,9H2,(H,18,19). The van der Waals surface area contributed by atoms with Crippen molar-refractivity contribution in [2.45, 2.75) is 5.25 Å². The van der Waals surface area contributed by atoms with Gasteiger partial charge in [0, 0.05) is 8.95 Å². The van der Waals surface area contributed by atoms with Gasteiger partial charge in [0.1, 0.15) is 0 Å². The molecule has 0 saturated carbocycles. The third-order valence-electron chi connectivity index (χ3n) is 3.00. The van der Waals surface area contributed by atoms with Crippen molar-refractivity contribution in [1.29, 1.82) is 0 Å². The van der Waals surface area contributed by atoms with Gasteiger partial charge in [-0.05, 0) is 39.7 Å². The number of amidine groups is 1. The van der Waals surface area contributed by atoms with Crippen LogP contribution in [0, 0.1) is 0 Å². The molecule has 1 heterocycles. The van der Waals surface area contributed by atoms with Crippen LogP contribution in [-0.2, 0) is 0 Å². The van der Waals surface area contributed by atoms with E-state index in [1.807, 2.05) is 24.3 Å². The molecule has 0 aliphatic carbocycles. The molecule has 5 heteroatoms. The maximum absolute atomic E-state index is 4.59. The van der Waals surface area contributed by atoms with Crippen molar-refractivity contribution >= 4 is 54.5 Å². The smallest absolute Gasteiger partial charge is 0.161 e. The molecule has 2 nitrogen and oxygen atoms in total. The van der Waals surface area contributed by atoms with E-state index in [0.29, 0.717) is 5.25 Å². The Kier molecular flexibility index (Phi) is 4.48. The molecule has 0 bridgehead atoms. The second kappa shape index (κ2) is 6.33. The third-order valence-corrected chi connectivity index (χ3v) is 5.34. The van der Waals surface area contributed by atoms with Crippen molar-refractivity contribution in [3.8, 4) is 0 Å². The number of nitrogens with zero attached hydrogens (tertiary/aromatic N) is 1. The van der Waals surface area contributed by atoms with E-state index in [2.05, 4.69) is 66.4 Å². The Hall–Kier alpha value is -0.780. The topological polar surface area (TPSA) is 24.4 Å². The van der Waals surface area contributed by atoms with Crippen LogP contribution in [0.3, 0.4) is 0 Å². The number of anilines is 1. The summed E-state index contributed by atoms with van der Waals surface area (Å²) in [6.45, 7) is 0.822. The van der Waals surface area contributed by atoms with Crippen LogP contribution >= 0.6 is 43.6 Å². The Morgan fingerprint density at radius 3 is 2.70 bits per heavy atom. The highest BCUT2D eigenvalue weighted by atomic mass is 79.9. The molecule has 1 unspecified atom stereocenters. The number of nitrogens with one attached hydrogen (secondary N) is 1. The van der Waals surface area contributed by atoms with Crippen molar-refractivity contribution in [2.24, 2.45) is 4.99 Å². The number of aliphatic imine (C=N–C) groups is 1. The zero-order valence-electron chi connectivity index (χ0n) is 10.5. The van der Waals surface area contributed by atoms with E-state index < -0.39 is 0 Å². The van der Waals surface area contributed by atoms with E-state index in [4.69, 9.17) is 0 Å². The van der Waals surface area contributed by atoms with E-state index in [1.54, 1.807) is 11.8 Å². The molecule has 0 radical (unpaired) electrons. The number of benzene rings is 2. The number of rotatable bonds is 2. The Balaban J connectivity index is 1.70. The monoisotopic (exact) mass is 410 g/mol. The van der Waals surface area contributed by atoms with Crippen LogP contribution in [0.2, 0.25) is 0 Å². The quantitative estimate of drug-likeness (QED) is 0.708. The van der Waals surface area contributed by atoms with Gasteiger partial charge in [-0.2, -0.15) is 0 Å². The first-order chi connectivity index (χ1) is 9.72. The summed E-state index contributed by atoms with van der Waals surface area (Å²) in [7, 11) is 0. The SMILES string of the molecule is Brc1ccc(Br)c(NC2=NCC(c3ccccc3)S2)c1. The Morgan fingerprint density at radius 2 is 1.90 bits per heavy atom. The van der Waals surface area contributed by atoms with Gasteiger partial charge in [-0.3, -0.25) is 4.99 Å². The Bertz CT molecular complexity index is 644. The number of hydrogen-bond donors (Lipinski definition) is 1. The van der Waals surface area contributed by atoms with Crippen LogP contribution in [0.1, 0.15) is 10.8 Å². The predicted molar refractivity (Wildman–Crippen MR) is 94.5 cm³/mol. The zero-order chi connectivity index (χ0) is 13.9. The Morgan fingerprint density at radius 1 is 1.10 bits per heavy atom. The maximum atomic E-state index is 4.59. The molecular formula is C15H12Br2N2S. The first kappa shape index (κ1) is 14.2. The molecule has 1 aliphatic heterocycles. The highest BCUT2D eigenvalue weighted by molar-refractivity contribution is 9.11. The van der Waals surface area contributed by atoms with Crippen LogP contribution < -0.4 is 5.32 Å². The lowest BCUT2D eigenvalue weighted by molar-refractivity contribution is 0.966. The van der Waals surface area contributed by atoms with Crippen molar-refractivity contribution in [2.75, 3.05) is 11.9 Å². The molecule has 20 heavy (non-hydrogen) atoms. The van der Waals surface area contributed by atoms with E-state index in [9.17, 15) is 0 Å². The summed E-state index contributed by atoms with van der Waals surface area (Å²) in [4.78, 5) is 4.59. The van der Waals surface area contributed by atoms with E-state index in [0.717, 1.165) is 26.3 Å². The van der Waals surface area contributed by atoms with E-state index in [1.165, 1.54) is 5.56 Å². The summed E-state index contributed by atoms with van der Waals surface area (Å²) in [6, 6.07) is 16.6. The van der Waals surface area contributed by atoms with Gasteiger partial charge in [0.05, 0.1) is 17.5 Å². The molecule has 3 rings (SSSR count). The number of thioether (sulfide) groups is 1. The number of hydrogen-bond acceptors (Lipinski definition) is 3.